The average Bonchev–Trinajstić information content (AvgIpc) is 2.74. The maximum atomic E-state index is 15.2. The number of nitrogens with one attached hydrogen (secondary N) is 1. The van der Waals surface area contributed by atoms with E-state index < -0.39 is 20.4 Å². The van der Waals surface area contributed by atoms with E-state index in [2.05, 4.69) is 9.97 Å². The quantitative estimate of drug-likeness (QED) is 0.390. The second-order valence-electron chi connectivity index (χ2n) is 7.05. The van der Waals surface area contributed by atoms with Crippen LogP contribution in [0.15, 0.2) is 58.4 Å². The summed E-state index contributed by atoms with van der Waals surface area (Å²) < 4.78 is 45.3. The third-order valence-electron chi connectivity index (χ3n) is 4.99. The van der Waals surface area contributed by atoms with Gasteiger partial charge in [-0.05, 0) is 54.4 Å². The van der Waals surface area contributed by atoms with Crippen molar-refractivity contribution in [3.63, 3.8) is 0 Å². The minimum Gasteiger partial charge on any atom is -0.496 e. The van der Waals surface area contributed by atoms with Crippen LogP contribution in [0, 0.1) is 12.7 Å². The van der Waals surface area contributed by atoms with Crippen LogP contribution in [-0.2, 0) is 9.05 Å². The largest absolute Gasteiger partial charge is 0.496 e. The van der Waals surface area contributed by atoms with Crippen LogP contribution in [0.2, 0.25) is 5.02 Å². The van der Waals surface area contributed by atoms with E-state index in [4.69, 9.17) is 27.0 Å². The van der Waals surface area contributed by atoms with E-state index in [1.165, 1.54) is 31.4 Å². The van der Waals surface area contributed by atoms with Gasteiger partial charge >= 0.3 is 0 Å². The number of methoxy groups -OCH3 is 1. The highest BCUT2D eigenvalue weighted by molar-refractivity contribution is 8.13. The number of hydrogen-bond acceptors (Lipinski definition) is 5. The Bertz CT molecular complexity index is 1550. The molecule has 0 spiro atoms. The Labute approximate surface area is 192 Å². The maximum Gasteiger partial charge on any atom is 0.266 e. The highest BCUT2D eigenvalue weighted by Gasteiger charge is 2.23. The number of aromatic nitrogens is 2. The van der Waals surface area contributed by atoms with Crippen LogP contribution >= 0.6 is 22.3 Å². The van der Waals surface area contributed by atoms with Gasteiger partial charge in [0.25, 0.3) is 14.6 Å². The van der Waals surface area contributed by atoms with Crippen molar-refractivity contribution >= 4 is 42.4 Å². The first-order chi connectivity index (χ1) is 15.1. The van der Waals surface area contributed by atoms with Gasteiger partial charge in [-0.1, -0.05) is 17.7 Å². The molecule has 0 unspecified atom stereocenters. The van der Waals surface area contributed by atoms with Crippen LogP contribution in [0.5, 0.6) is 5.75 Å². The Hall–Kier alpha value is -2.94. The van der Waals surface area contributed by atoms with E-state index in [9.17, 15) is 13.2 Å². The van der Waals surface area contributed by atoms with E-state index in [1.807, 2.05) is 0 Å². The third kappa shape index (κ3) is 4.09. The zero-order valence-corrected chi connectivity index (χ0v) is 19.1. The minimum atomic E-state index is -4.25. The lowest BCUT2D eigenvalue weighted by Crippen LogP contribution is -2.06. The average molecular weight is 493 g/mol. The summed E-state index contributed by atoms with van der Waals surface area (Å²) in [6.45, 7) is 1.80. The number of fused-ring (bicyclic) bond motifs is 1. The molecule has 0 aliphatic heterocycles. The van der Waals surface area contributed by atoms with E-state index in [0.717, 1.165) is 11.8 Å². The summed E-state index contributed by atoms with van der Waals surface area (Å²) in [7, 11) is 2.80. The summed E-state index contributed by atoms with van der Waals surface area (Å²) in [4.78, 5) is 17.9. The van der Waals surface area contributed by atoms with Gasteiger partial charge in [0.05, 0.1) is 29.2 Å². The molecule has 164 valence electrons. The molecule has 1 aromatic heterocycles. The molecule has 0 amide bonds. The Balaban J connectivity index is 2.02. The molecule has 1 N–H and O–H groups in total. The highest BCUT2D eigenvalue weighted by Crippen LogP contribution is 2.41. The number of halogens is 3. The third-order valence-corrected chi connectivity index (χ3v) is 6.77. The summed E-state index contributed by atoms with van der Waals surface area (Å²) in [5.41, 5.74) is 1.79. The fourth-order valence-corrected chi connectivity index (χ4v) is 4.63. The number of aromatic amines is 1. The topological polar surface area (TPSA) is 89.1 Å². The number of H-pyrrole nitrogens is 1. The molecule has 0 aliphatic rings. The SMILES string of the molecule is COc1cc(-c2ccc(Cl)c(C)c2)c(F)cc1-c1cc2[nH]c(=O)cnc2cc1S(=O)(=O)Cl. The molecular weight excluding hydrogens is 478 g/mol. The lowest BCUT2D eigenvalue weighted by molar-refractivity contribution is 0.415. The first-order valence-electron chi connectivity index (χ1n) is 9.20. The highest BCUT2D eigenvalue weighted by atomic mass is 35.7. The van der Waals surface area contributed by atoms with Crippen LogP contribution < -0.4 is 10.3 Å². The number of ether oxygens (including phenoxy) is 1. The Morgan fingerprint density at radius 1 is 1.06 bits per heavy atom. The summed E-state index contributed by atoms with van der Waals surface area (Å²) >= 11 is 6.07. The lowest BCUT2D eigenvalue weighted by Gasteiger charge is -2.15. The van der Waals surface area contributed by atoms with Crippen molar-refractivity contribution in [1.82, 2.24) is 9.97 Å². The van der Waals surface area contributed by atoms with Crippen molar-refractivity contribution < 1.29 is 17.5 Å². The van der Waals surface area contributed by atoms with Gasteiger partial charge in [-0.3, -0.25) is 4.79 Å². The van der Waals surface area contributed by atoms with Crippen LogP contribution in [0.25, 0.3) is 33.3 Å². The van der Waals surface area contributed by atoms with Gasteiger partial charge < -0.3 is 9.72 Å². The Kier molecular flexibility index (Phi) is 5.70. The Morgan fingerprint density at radius 3 is 2.47 bits per heavy atom. The molecule has 0 fully saturated rings. The smallest absolute Gasteiger partial charge is 0.266 e. The van der Waals surface area contributed by atoms with Gasteiger partial charge in [0.2, 0.25) is 0 Å². The van der Waals surface area contributed by atoms with Crippen molar-refractivity contribution in [3.8, 4) is 28.0 Å². The second-order valence-corrected chi connectivity index (χ2v) is 9.99. The van der Waals surface area contributed by atoms with Gasteiger partial charge in [-0.15, -0.1) is 0 Å². The Morgan fingerprint density at radius 2 is 1.81 bits per heavy atom. The van der Waals surface area contributed by atoms with Crippen LogP contribution in [0.1, 0.15) is 5.56 Å². The molecule has 10 heteroatoms. The first kappa shape index (κ1) is 22.3. The number of benzene rings is 3. The van der Waals surface area contributed by atoms with Gasteiger partial charge in [0.1, 0.15) is 11.6 Å². The summed E-state index contributed by atoms with van der Waals surface area (Å²) in [6.07, 6.45) is 1.02. The normalized spacial score (nSPS) is 11.7. The van der Waals surface area contributed by atoms with E-state index >= 15 is 4.39 Å². The van der Waals surface area contributed by atoms with E-state index in [-0.39, 0.29) is 38.4 Å². The minimum absolute atomic E-state index is 0.0609. The molecule has 1 heterocycles. The van der Waals surface area contributed by atoms with Crippen molar-refractivity contribution in [2.75, 3.05) is 7.11 Å². The molecule has 0 atom stereocenters. The van der Waals surface area contributed by atoms with Gasteiger partial charge in [-0.2, -0.15) is 0 Å². The molecule has 0 saturated carbocycles. The predicted octanol–water partition coefficient (Wildman–Crippen LogP) is 5.29. The lowest BCUT2D eigenvalue weighted by atomic mass is 9.97. The molecule has 0 aliphatic carbocycles. The summed E-state index contributed by atoms with van der Waals surface area (Å²) in [5, 5.41) is 0.550. The van der Waals surface area contributed by atoms with Crippen molar-refractivity contribution in [3.05, 3.63) is 75.4 Å². The zero-order valence-electron chi connectivity index (χ0n) is 16.7. The predicted molar refractivity (Wildman–Crippen MR) is 123 cm³/mol. The van der Waals surface area contributed by atoms with E-state index in [1.54, 1.807) is 25.1 Å². The summed E-state index contributed by atoms with van der Waals surface area (Å²) in [5.74, 6) is -0.402. The van der Waals surface area contributed by atoms with Crippen molar-refractivity contribution in [2.45, 2.75) is 11.8 Å². The van der Waals surface area contributed by atoms with Crippen molar-refractivity contribution in [2.24, 2.45) is 0 Å². The van der Waals surface area contributed by atoms with Crippen LogP contribution in [0.4, 0.5) is 4.39 Å². The molecule has 0 bridgehead atoms. The molecule has 4 aromatic rings. The van der Waals surface area contributed by atoms with Gasteiger partial charge in [0, 0.05) is 32.4 Å². The fourth-order valence-electron chi connectivity index (χ4n) is 3.45. The van der Waals surface area contributed by atoms with Crippen LogP contribution in [-0.4, -0.2) is 25.5 Å². The second kappa shape index (κ2) is 8.20. The summed E-state index contributed by atoms with van der Waals surface area (Å²) in [6, 6.07) is 10.3. The van der Waals surface area contributed by atoms with E-state index in [0.29, 0.717) is 10.6 Å². The number of aryl methyl sites for hydroxylation is 1. The molecule has 3 aromatic carbocycles. The molecule has 0 radical (unpaired) electrons. The fraction of sp³-hybridized carbons (Fsp3) is 0.0909. The zero-order chi connectivity index (χ0) is 23.2. The number of rotatable bonds is 4. The monoisotopic (exact) mass is 492 g/mol. The molecule has 6 nitrogen and oxygen atoms in total. The number of hydrogen-bond donors (Lipinski definition) is 1. The molecule has 4 rings (SSSR count). The maximum absolute atomic E-state index is 15.2. The number of nitrogens with zero attached hydrogens (tertiary/aromatic N) is 1. The standard InChI is InChI=1S/C22H15Cl2FN2O4S/c1-11-5-12(3-4-16(11)23)13-8-20(31-2)14(6-17(13)25)15-7-19-18(26-10-22(28)27-19)9-21(15)32(24,29)30/h3-10H,1-2H3,(H,27,28). The van der Waals surface area contributed by atoms with Gasteiger partial charge in [0.15, 0.2) is 0 Å². The van der Waals surface area contributed by atoms with Crippen LogP contribution in [0.3, 0.4) is 0 Å². The molecular formula is C22H15Cl2FN2O4S. The van der Waals surface area contributed by atoms with Crippen molar-refractivity contribution in [1.29, 1.82) is 0 Å². The molecule has 0 saturated heterocycles. The first-order valence-corrected chi connectivity index (χ1v) is 11.9. The van der Waals surface area contributed by atoms with Gasteiger partial charge in [-0.25, -0.2) is 17.8 Å². The molecule has 32 heavy (non-hydrogen) atoms.